The fourth-order valence-corrected chi connectivity index (χ4v) is 4.12. The molecule has 0 radical (unpaired) electrons. The number of anilines is 1. The highest BCUT2D eigenvalue weighted by Crippen LogP contribution is 2.37. The Hall–Kier alpha value is -3.03. The van der Waals surface area contributed by atoms with E-state index in [1.54, 1.807) is 84.1 Å². The molecule has 0 saturated carbocycles. The molecule has 0 spiro atoms. The minimum Gasteiger partial charge on any atom is -0.460 e. The van der Waals surface area contributed by atoms with Gasteiger partial charge in [0.1, 0.15) is 16.7 Å². The van der Waals surface area contributed by atoms with Crippen LogP contribution in [0.25, 0.3) is 10.9 Å². The lowest BCUT2D eigenvalue weighted by molar-refractivity contribution is -0.157. The number of amides is 1. The molecule has 0 fully saturated rings. The van der Waals surface area contributed by atoms with E-state index in [-0.39, 0.29) is 13.0 Å². The molecule has 0 aliphatic carbocycles. The second kappa shape index (κ2) is 9.91. The summed E-state index contributed by atoms with van der Waals surface area (Å²) in [6, 6.07) is 14.3. The number of nitrogens with one attached hydrogen (secondary N) is 1. The summed E-state index contributed by atoms with van der Waals surface area (Å²) in [7, 11) is 0. The Balaban J connectivity index is 2.12. The molecule has 1 atom stereocenters. The normalized spacial score (nSPS) is 13.8. The van der Waals surface area contributed by atoms with E-state index >= 15 is 0 Å². The number of rotatable bonds is 6. The average molecular weight is 501 g/mol. The average Bonchev–Trinajstić information content (AvgIpc) is 3.16. The van der Waals surface area contributed by atoms with E-state index in [0.29, 0.717) is 21.8 Å². The van der Waals surface area contributed by atoms with Gasteiger partial charge in [-0.25, -0.2) is 4.79 Å². The van der Waals surface area contributed by atoms with Crippen LogP contribution in [0.4, 0.5) is 10.5 Å². The van der Waals surface area contributed by atoms with Crippen molar-refractivity contribution in [2.75, 3.05) is 11.9 Å². The third kappa shape index (κ3) is 6.35. The first kappa shape index (κ1) is 26.6. The van der Waals surface area contributed by atoms with Gasteiger partial charge in [-0.05, 0) is 77.4 Å². The van der Waals surface area contributed by atoms with Crippen LogP contribution >= 0.6 is 11.6 Å². The van der Waals surface area contributed by atoms with E-state index < -0.39 is 28.8 Å². The number of hydrogen-bond donors (Lipinski definition) is 2. The second-order valence-electron chi connectivity index (χ2n) is 10.5. The fraction of sp³-hybridized carbons (Fsp3) is 0.407. The smallest absolute Gasteiger partial charge is 0.412 e. The number of hydrogen-bond acceptors (Lipinski definition) is 5. The van der Waals surface area contributed by atoms with Gasteiger partial charge in [-0.3, -0.25) is 10.1 Å². The van der Waals surface area contributed by atoms with Crippen LogP contribution in [0.1, 0.15) is 53.5 Å². The Kier molecular flexibility index (Phi) is 7.53. The number of halogens is 1. The van der Waals surface area contributed by atoms with Crippen LogP contribution in [-0.4, -0.2) is 39.5 Å². The number of aromatic nitrogens is 1. The van der Waals surface area contributed by atoms with Crippen LogP contribution < -0.4 is 5.32 Å². The molecule has 2 aromatic carbocycles. The van der Waals surface area contributed by atoms with Crippen molar-refractivity contribution in [2.24, 2.45) is 0 Å². The van der Waals surface area contributed by atoms with E-state index in [4.69, 9.17) is 21.1 Å². The zero-order chi connectivity index (χ0) is 26.0. The molecule has 1 heterocycles. The molecule has 3 aromatic rings. The number of fused-ring (bicyclic) bond motifs is 1. The lowest BCUT2D eigenvalue weighted by Crippen LogP contribution is -2.42. The highest BCUT2D eigenvalue weighted by atomic mass is 35.5. The first-order chi connectivity index (χ1) is 16.2. The largest absolute Gasteiger partial charge is 0.460 e. The fourth-order valence-electron chi connectivity index (χ4n) is 3.99. The molecule has 0 aliphatic rings. The van der Waals surface area contributed by atoms with Gasteiger partial charge in [-0.1, -0.05) is 29.8 Å². The van der Waals surface area contributed by atoms with Gasteiger partial charge >= 0.3 is 12.1 Å². The molecule has 1 unspecified atom stereocenters. The number of nitrogens with zero attached hydrogens (tertiary/aromatic N) is 1. The summed E-state index contributed by atoms with van der Waals surface area (Å²) in [5, 5.41) is 14.8. The summed E-state index contributed by atoms with van der Waals surface area (Å²) in [6.07, 6.45) is 1.10. The third-order valence-corrected chi connectivity index (χ3v) is 5.58. The first-order valence-corrected chi connectivity index (χ1v) is 11.8. The van der Waals surface area contributed by atoms with Crippen molar-refractivity contribution in [3.8, 4) is 0 Å². The van der Waals surface area contributed by atoms with Gasteiger partial charge in [-0.15, -0.1) is 0 Å². The van der Waals surface area contributed by atoms with Crippen molar-refractivity contribution < 1.29 is 24.2 Å². The van der Waals surface area contributed by atoms with Crippen LogP contribution in [0.3, 0.4) is 0 Å². The van der Waals surface area contributed by atoms with Crippen molar-refractivity contribution in [1.29, 1.82) is 0 Å². The lowest BCUT2D eigenvalue weighted by Gasteiger charge is -2.35. The van der Waals surface area contributed by atoms with Crippen LogP contribution in [0.2, 0.25) is 5.02 Å². The molecule has 0 aliphatic heterocycles. The first-order valence-electron chi connectivity index (χ1n) is 11.4. The number of carbonyl (C=O) groups excluding carboxylic acids is 2. The van der Waals surface area contributed by atoms with Gasteiger partial charge in [0.15, 0.2) is 0 Å². The Morgan fingerprint density at radius 2 is 1.57 bits per heavy atom. The van der Waals surface area contributed by atoms with Crippen molar-refractivity contribution >= 4 is 40.3 Å². The van der Waals surface area contributed by atoms with E-state index in [1.807, 2.05) is 16.7 Å². The molecular formula is C27H33ClN2O5. The van der Waals surface area contributed by atoms with Crippen LogP contribution in [0, 0.1) is 0 Å². The van der Waals surface area contributed by atoms with Gasteiger partial charge in [0.2, 0.25) is 0 Å². The minimum absolute atomic E-state index is 0.115. The summed E-state index contributed by atoms with van der Waals surface area (Å²) in [6.45, 7) is 10.4. The Labute approximate surface area is 211 Å². The molecule has 3 rings (SSSR count). The SMILES string of the molecule is CC(C)(C)OC(=O)CC(CO)(c1ccc(Cl)cc1)n1ccc2c(NC(=O)OC(C)(C)C)cccc21. The predicted octanol–water partition coefficient (Wildman–Crippen LogP) is 6.11. The number of carbonyl (C=O) groups is 2. The summed E-state index contributed by atoms with van der Waals surface area (Å²) in [4.78, 5) is 25.4. The molecule has 0 bridgehead atoms. The summed E-state index contributed by atoms with van der Waals surface area (Å²) >= 11 is 6.12. The van der Waals surface area contributed by atoms with E-state index in [0.717, 1.165) is 5.39 Å². The zero-order valence-corrected chi connectivity index (χ0v) is 21.8. The van der Waals surface area contributed by atoms with Gasteiger partial charge in [0.25, 0.3) is 0 Å². The molecule has 8 heteroatoms. The molecular weight excluding hydrogens is 468 g/mol. The van der Waals surface area contributed by atoms with E-state index in [9.17, 15) is 14.7 Å². The monoisotopic (exact) mass is 500 g/mol. The lowest BCUT2D eigenvalue weighted by atomic mass is 9.86. The quantitative estimate of drug-likeness (QED) is 0.398. The van der Waals surface area contributed by atoms with Gasteiger partial charge < -0.3 is 19.1 Å². The molecule has 1 aromatic heterocycles. The highest BCUT2D eigenvalue weighted by Gasteiger charge is 2.39. The summed E-state index contributed by atoms with van der Waals surface area (Å²) < 4.78 is 12.8. The van der Waals surface area contributed by atoms with E-state index in [1.165, 1.54) is 0 Å². The molecule has 35 heavy (non-hydrogen) atoms. The molecule has 0 saturated heterocycles. The van der Waals surface area contributed by atoms with Crippen molar-refractivity contribution in [3.63, 3.8) is 0 Å². The van der Waals surface area contributed by atoms with Gasteiger partial charge in [0.05, 0.1) is 24.2 Å². The maximum atomic E-state index is 13.0. The summed E-state index contributed by atoms with van der Waals surface area (Å²) in [5.74, 6) is -0.452. The van der Waals surface area contributed by atoms with Crippen molar-refractivity contribution in [3.05, 3.63) is 65.3 Å². The maximum absolute atomic E-state index is 13.0. The summed E-state index contributed by atoms with van der Waals surface area (Å²) in [5.41, 5.74) is -0.529. The maximum Gasteiger partial charge on any atom is 0.412 e. The molecule has 188 valence electrons. The predicted molar refractivity (Wildman–Crippen MR) is 138 cm³/mol. The third-order valence-electron chi connectivity index (χ3n) is 5.33. The second-order valence-corrected chi connectivity index (χ2v) is 10.9. The topological polar surface area (TPSA) is 89.8 Å². The van der Waals surface area contributed by atoms with Crippen molar-refractivity contribution in [1.82, 2.24) is 4.57 Å². The van der Waals surface area contributed by atoms with Crippen LogP contribution in [0.15, 0.2) is 54.7 Å². The Morgan fingerprint density at radius 1 is 0.943 bits per heavy atom. The van der Waals surface area contributed by atoms with Gasteiger partial charge in [0, 0.05) is 16.6 Å². The Morgan fingerprint density at radius 3 is 2.14 bits per heavy atom. The minimum atomic E-state index is -1.17. The van der Waals surface area contributed by atoms with Gasteiger partial charge in [-0.2, -0.15) is 0 Å². The Bertz CT molecular complexity index is 1210. The number of esters is 1. The number of benzene rings is 2. The number of aliphatic hydroxyl groups excluding tert-OH is 1. The van der Waals surface area contributed by atoms with Crippen molar-refractivity contribution in [2.45, 2.75) is 64.7 Å². The number of aliphatic hydroxyl groups is 1. The highest BCUT2D eigenvalue weighted by molar-refractivity contribution is 6.30. The van der Waals surface area contributed by atoms with Crippen LogP contribution in [0.5, 0.6) is 0 Å². The molecule has 1 amide bonds. The number of ether oxygens (including phenoxy) is 2. The van der Waals surface area contributed by atoms with E-state index in [2.05, 4.69) is 5.32 Å². The zero-order valence-electron chi connectivity index (χ0n) is 21.0. The standard InChI is InChI=1S/C27H33ClN2O5/c1-25(2,3)34-23(32)16-27(17-31,18-10-12-19(28)13-11-18)30-15-14-20-21(8-7-9-22(20)30)29-24(33)35-26(4,5)6/h7-15,31H,16-17H2,1-6H3,(H,29,33). The molecule has 7 nitrogen and oxygen atoms in total. The molecule has 2 N–H and O–H groups in total. The van der Waals surface area contributed by atoms with Crippen LogP contribution in [-0.2, 0) is 19.8 Å².